The van der Waals surface area contributed by atoms with Gasteiger partial charge in [-0.25, -0.2) is 0 Å². The number of nitrogens with zero attached hydrogens (tertiary/aromatic N) is 1. The Morgan fingerprint density at radius 2 is 1.93 bits per heavy atom. The van der Waals surface area contributed by atoms with Crippen molar-refractivity contribution in [1.29, 1.82) is 0 Å². The normalized spacial score (nSPS) is 13.5. The molecule has 0 saturated carbocycles. The van der Waals surface area contributed by atoms with Crippen molar-refractivity contribution in [2.45, 2.75) is 40.5 Å². The minimum Gasteiger partial charge on any atom is -0.316 e. The van der Waals surface area contributed by atoms with Gasteiger partial charge < -0.3 is 10.2 Å². The Hall–Kier alpha value is -0.0800. The van der Waals surface area contributed by atoms with E-state index in [9.17, 15) is 0 Å². The summed E-state index contributed by atoms with van der Waals surface area (Å²) in [5.41, 5.74) is 0. The zero-order valence-electron chi connectivity index (χ0n) is 10.5. The molecule has 0 radical (unpaired) electrons. The average molecular weight is 200 g/mol. The van der Waals surface area contributed by atoms with E-state index in [4.69, 9.17) is 0 Å². The first-order valence-electron chi connectivity index (χ1n) is 6.17. The first kappa shape index (κ1) is 13.9. The molecular formula is C12H28N2. The van der Waals surface area contributed by atoms with E-state index in [1.54, 1.807) is 0 Å². The van der Waals surface area contributed by atoms with E-state index >= 15 is 0 Å². The van der Waals surface area contributed by atoms with Gasteiger partial charge in [-0.15, -0.1) is 0 Å². The zero-order chi connectivity index (χ0) is 10.8. The van der Waals surface area contributed by atoms with Crippen LogP contribution in [0, 0.1) is 5.92 Å². The second kappa shape index (κ2) is 9.47. The van der Waals surface area contributed by atoms with E-state index in [0.29, 0.717) is 0 Å². The second-order valence-electron chi connectivity index (χ2n) is 4.14. The van der Waals surface area contributed by atoms with Gasteiger partial charge in [-0.3, -0.25) is 0 Å². The third-order valence-corrected chi connectivity index (χ3v) is 2.65. The van der Waals surface area contributed by atoms with Crippen molar-refractivity contribution in [2.75, 3.05) is 32.7 Å². The van der Waals surface area contributed by atoms with Crippen LogP contribution in [-0.4, -0.2) is 37.6 Å². The van der Waals surface area contributed by atoms with Crippen molar-refractivity contribution in [3.05, 3.63) is 0 Å². The summed E-state index contributed by atoms with van der Waals surface area (Å²) in [7, 11) is 0. The van der Waals surface area contributed by atoms with Gasteiger partial charge in [0.05, 0.1) is 0 Å². The Morgan fingerprint density at radius 1 is 1.21 bits per heavy atom. The summed E-state index contributed by atoms with van der Waals surface area (Å²) in [4.78, 5) is 2.54. The lowest BCUT2D eigenvalue weighted by atomic mass is 10.1. The Kier molecular flexibility index (Phi) is 9.42. The Morgan fingerprint density at radius 3 is 2.43 bits per heavy atom. The van der Waals surface area contributed by atoms with E-state index in [-0.39, 0.29) is 0 Å². The predicted octanol–water partition coefficient (Wildman–Crippen LogP) is 2.35. The molecule has 0 bridgehead atoms. The van der Waals surface area contributed by atoms with Crippen LogP contribution >= 0.6 is 0 Å². The molecule has 0 aromatic carbocycles. The second-order valence-corrected chi connectivity index (χ2v) is 4.14. The third kappa shape index (κ3) is 7.34. The number of rotatable bonds is 9. The third-order valence-electron chi connectivity index (χ3n) is 2.65. The summed E-state index contributed by atoms with van der Waals surface area (Å²) >= 11 is 0. The molecule has 0 amide bonds. The molecule has 0 heterocycles. The lowest BCUT2D eigenvalue weighted by Gasteiger charge is -2.24. The molecule has 0 saturated heterocycles. The highest BCUT2D eigenvalue weighted by molar-refractivity contribution is 4.62. The maximum atomic E-state index is 3.38. The SMILES string of the molecule is CCCC(C)CN(CC)CCNCC. The lowest BCUT2D eigenvalue weighted by Crippen LogP contribution is -2.34. The van der Waals surface area contributed by atoms with Crippen LogP contribution in [0.15, 0.2) is 0 Å². The van der Waals surface area contributed by atoms with E-state index in [1.807, 2.05) is 0 Å². The molecule has 0 aromatic heterocycles. The van der Waals surface area contributed by atoms with Gasteiger partial charge in [0, 0.05) is 19.6 Å². The van der Waals surface area contributed by atoms with Gasteiger partial charge in [0.1, 0.15) is 0 Å². The maximum Gasteiger partial charge on any atom is 0.0107 e. The first-order valence-corrected chi connectivity index (χ1v) is 6.17. The van der Waals surface area contributed by atoms with Crippen molar-refractivity contribution in [3.8, 4) is 0 Å². The van der Waals surface area contributed by atoms with Crippen molar-refractivity contribution >= 4 is 0 Å². The minimum absolute atomic E-state index is 0.849. The Labute approximate surface area is 90.1 Å². The molecule has 0 aromatic rings. The molecule has 0 aliphatic heterocycles. The molecule has 2 heteroatoms. The van der Waals surface area contributed by atoms with Gasteiger partial charge in [0.15, 0.2) is 0 Å². The maximum absolute atomic E-state index is 3.38. The van der Waals surface area contributed by atoms with E-state index in [0.717, 1.165) is 19.0 Å². The fraction of sp³-hybridized carbons (Fsp3) is 1.00. The van der Waals surface area contributed by atoms with Gasteiger partial charge in [0.2, 0.25) is 0 Å². The van der Waals surface area contributed by atoms with Gasteiger partial charge >= 0.3 is 0 Å². The van der Waals surface area contributed by atoms with Crippen LogP contribution in [0.4, 0.5) is 0 Å². The lowest BCUT2D eigenvalue weighted by molar-refractivity contribution is 0.243. The highest BCUT2D eigenvalue weighted by Crippen LogP contribution is 2.06. The number of hydrogen-bond acceptors (Lipinski definition) is 2. The molecule has 1 unspecified atom stereocenters. The predicted molar refractivity (Wildman–Crippen MR) is 64.7 cm³/mol. The van der Waals surface area contributed by atoms with E-state index < -0.39 is 0 Å². The van der Waals surface area contributed by atoms with Crippen LogP contribution in [0.25, 0.3) is 0 Å². The van der Waals surface area contributed by atoms with Gasteiger partial charge in [-0.2, -0.15) is 0 Å². The highest BCUT2D eigenvalue weighted by Gasteiger charge is 2.06. The van der Waals surface area contributed by atoms with Gasteiger partial charge in [0.25, 0.3) is 0 Å². The quantitative estimate of drug-likeness (QED) is 0.575. The van der Waals surface area contributed by atoms with Crippen LogP contribution in [0.2, 0.25) is 0 Å². The summed E-state index contributed by atoms with van der Waals surface area (Å²) in [6.45, 7) is 14.9. The number of hydrogen-bond donors (Lipinski definition) is 1. The molecule has 0 spiro atoms. The molecule has 14 heavy (non-hydrogen) atoms. The van der Waals surface area contributed by atoms with Crippen LogP contribution < -0.4 is 5.32 Å². The molecule has 0 aliphatic carbocycles. The van der Waals surface area contributed by atoms with Crippen molar-refractivity contribution in [2.24, 2.45) is 5.92 Å². The standard InChI is InChI=1S/C12H28N2/c1-5-8-12(4)11-14(7-3)10-9-13-6-2/h12-13H,5-11H2,1-4H3. The molecular weight excluding hydrogens is 172 g/mol. The average Bonchev–Trinajstić information content (AvgIpc) is 2.17. The van der Waals surface area contributed by atoms with Gasteiger partial charge in [-0.05, 0) is 25.4 Å². The molecule has 0 fully saturated rings. The van der Waals surface area contributed by atoms with Crippen molar-refractivity contribution < 1.29 is 0 Å². The van der Waals surface area contributed by atoms with Crippen LogP contribution in [0.1, 0.15) is 40.5 Å². The Balaban J connectivity index is 3.55. The summed E-state index contributed by atoms with van der Waals surface area (Å²) in [5, 5.41) is 3.38. The van der Waals surface area contributed by atoms with Crippen LogP contribution in [0.3, 0.4) is 0 Å². The molecule has 0 aliphatic rings. The smallest absolute Gasteiger partial charge is 0.0107 e. The molecule has 0 rings (SSSR count). The van der Waals surface area contributed by atoms with Crippen LogP contribution in [-0.2, 0) is 0 Å². The van der Waals surface area contributed by atoms with Crippen molar-refractivity contribution in [1.82, 2.24) is 10.2 Å². The fourth-order valence-electron chi connectivity index (χ4n) is 1.82. The van der Waals surface area contributed by atoms with Crippen molar-refractivity contribution in [3.63, 3.8) is 0 Å². The van der Waals surface area contributed by atoms with E-state index in [1.165, 1.54) is 32.5 Å². The summed E-state index contributed by atoms with van der Waals surface area (Å²) in [5.74, 6) is 0.849. The summed E-state index contributed by atoms with van der Waals surface area (Å²) in [6.07, 6.45) is 2.67. The fourth-order valence-corrected chi connectivity index (χ4v) is 1.82. The summed E-state index contributed by atoms with van der Waals surface area (Å²) in [6, 6.07) is 0. The zero-order valence-corrected chi connectivity index (χ0v) is 10.5. The number of likely N-dealkylation sites (N-methyl/N-ethyl adjacent to an activating group) is 2. The molecule has 2 nitrogen and oxygen atoms in total. The molecule has 86 valence electrons. The number of nitrogens with one attached hydrogen (secondary N) is 1. The monoisotopic (exact) mass is 200 g/mol. The van der Waals surface area contributed by atoms with Crippen LogP contribution in [0.5, 0.6) is 0 Å². The highest BCUT2D eigenvalue weighted by atomic mass is 15.1. The minimum atomic E-state index is 0.849. The van der Waals surface area contributed by atoms with Gasteiger partial charge in [-0.1, -0.05) is 34.1 Å². The molecule has 1 atom stereocenters. The largest absolute Gasteiger partial charge is 0.316 e. The topological polar surface area (TPSA) is 15.3 Å². The Bertz CT molecular complexity index is 115. The molecule has 1 N–H and O–H groups in total. The first-order chi connectivity index (χ1) is 6.74. The van der Waals surface area contributed by atoms with E-state index in [2.05, 4.69) is 37.9 Å². The summed E-state index contributed by atoms with van der Waals surface area (Å²) < 4.78 is 0.